The molecule has 0 aromatic carbocycles. The van der Waals surface area contributed by atoms with Crippen LogP contribution in [0.15, 0.2) is 15.0 Å². The van der Waals surface area contributed by atoms with Crippen LogP contribution in [0.2, 0.25) is 0 Å². The van der Waals surface area contributed by atoms with Crippen molar-refractivity contribution < 1.29 is 0 Å². The highest BCUT2D eigenvalue weighted by molar-refractivity contribution is 8.13. The van der Waals surface area contributed by atoms with Gasteiger partial charge in [-0.2, -0.15) is 0 Å². The van der Waals surface area contributed by atoms with E-state index in [1.807, 2.05) is 5.38 Å². The molecule has 0 aliphatic carbocycles. The number of nitrogens with two attached hydrogens (primary N) is 1. The van der Waals surface area contributed by atoms with Crippen LogP contribution in [0.5, 0.6) is 0 Å². The number of aryl methyl sites for hydroxylation is 1. The number of fused-ring (bicyclic) bond motifs is 3. The summed E-state index contributed by atoms with van der Waals surface area (Å²) in [5, 5.41) is 9.17. The number of thiazole rings is 1. The molecule has 0 saturated heterocycles. The molecule has 0 unspecified atom stereocenters. The van der Waals surface area contributed by atoms with E-state index in [1.54, 1.807) is 11.4 Å². The Morgan fingerprint density at radius 1 is 1.43 bits per heavy atom. The number of hydrogen-bond acceptors (Lipinski definition) is 6. The zero-order valence-electron chi connectivity index (χ0n) is 11.3. The molecular formula is C11H12N6O2S2. The molecule has 3 heterocycles. The molecule has 0 bridgehead atoms. The molecule has 0 spiro atoms. The second-order valence-electron chi connectivity index (χ2n) is 4.49. The largest absolute Gasteiger partial charge is 0.379 e. The Morgan fingerprint density at radius 3 is 2.81 bits per heavy atom. The summed E-state index contributed by atoms with van der Waals surface area (Å²) in [5.74, 6) is 0.465. The Balaban J connectivity index is 2.39. The lowest BCUT2D eigenvalue weighted by atomic mass is 10.5. The van der Waals surface area contributed by atoms with Gasteiger partial charge in [0.05, 0.1) is 0 Å². The van der Waals surface area contributed by atoms with Crippen LogP contribution in [0, 0.1) is 5.41 Å². The fourth-order valence-corrected chi connectivity index (χ4v) is 3.65. The molecule has 0 aliphatic rings. The van der Waals surface area contributed by atoms with Crippen molar-refractivity contribution in [3.8, 4) is 0 Å². The number of nitrogens with one attached hydrogen (secondary N) is 1. The quantitative estimate of drug-likeness (QED) is 0.512. The lowest BCUT2D eigenvalue weighted by molar-refractivity contribution is 0.707. The molecule has 3 rings (SSSR count). The van der Waals surface area contributed by atoms with Gasteiger partial charge in [0.25, 0.3) is 5.56 Å². The molecule has 3 aromatic rings. The molecule has 21 heavy (non-hydrogen) atoms. The van der Waals surface area contributed by atoms with Gasteiger partial charge in [0.2, 0.25) is 0 Å². The molecule has 0 amide bonds. The highest BCUT2D eigenvalue weighted by Gasteiger charge is 2.18. The van der Waals surface area contributed by atoms with Crippen LogP contribution >= 0.6 is 23.1 Å². The third-order valence-corrected chi connectivity index (χ3v) is 4.82. The minimum atomic E-state index is -0.405. The van der Waals surface area contributed by atoms with Crippen molar-refractivity contribution >= 4 is 44.4 Å². The van der Waals surface area contributed by atoms with E-state index in [0.29, 0.717) is 21.9 Å². The molecule has 10 heteroatoms. The average molecular weight is 324 g/mol. The van der Waals surface area contributed by atoms with Crippen molar-refractivity contribution in [1.82, 2.24) is 18.5 Å². The molecule has 0 aliphatic heterocycles. The van der Waals surface area contributed by atoms with E-state index < -0.39 is 5.69 Å². The number of nitrogens with zero attached hydrogens (tertiary/aromatic N) is 4. The average Bonchev–Trinajstić information content (AvgIpc) is 2.99. The van der Waals surface area contributed by atoms with Crippen molar-refractivity contribution in [2.75, 3.05) is 0 Å². The van der Waals surface area contributed by atoms with E-state index >= 15 is 0 Å². The third-order valence-electron chi connectivity index (χ3n) is 3.19. The van der Waals surface area contributed by atoms with E-state index in [0.717, 1.165) is 10.3 Å². The maximum Gasteiger partial charge on any atom is 0.332 e. The van der Waals surface area contributed by atoms with Gasteiger partial charge < -0.3 is 5.73 Å². The highest BCUT2D eigenvalue weighted by atomic mass is 32.2. The first-order valence-corrected chi connectivity index (χ1v) is 7.79. The number of amidine groups is 1. The number of rotatable bonds is 2. The Kier molecular flexibility index (Phi) is 3.14. The van der Waals surface area contributed by atoms with Crippen LogP contribution in [0.3, 0.4) is 0 Å². The minimum Gasteiger partial charge on any atom is -0.379 e. The molecular weight excluding hydrogens is 312 g/mol. The van der Waals surface area contributed by atoms with Crippen LogP contribution < -0.4 is 17.0 Å². The number of aromatic nitrogens is 4. The predicted molar refractivity (Wildman–Crippen MR) is 84.3 cm³/mol. The normalized spacial score (nSPS) is 11.5. The van der Waals surface area contributed by atoms with E-state index in [1.165, 1.54) is 34.7 Å². The third kappa shape index (κ3) is 1.98. The van der Waals surface area contributed by atoms with Gasteiger partial charge in [-0.15, -0.1) is 11.3 Å². The maximum absolute atomic E-state index is 12.4. The summed E-state index contributed by atoms with van der Waals surface area (Å²) in [6.07, 6.45) is 0. The van der Waals surface area contributed by atoms with Gasteiger partial charge in [0.1, 0.15) is 0 Å². The molecule has 3 N–H and O–H groups in total. The summed E-state index contributed by atoms with van der Waals surface area (Å²) in [5.41, 5.74) is 6.13. The lowest BCUT2D eigenvalue weighted by Gasteiger charge is -2.04. The zero-order chi connectivity index (χ0) is 15.3. The first-order valence-electron chi connectivity index (χ1n) is 5.93. The van der Waals surface area contributed by atoms with E-state index in [-0.39, 0.29) is 10.7 Å². The van der Waals surface area contributed by atoms with Gasteiger partial charge in [-0.05, 0) is 0 Å². The first-order chi connectivity index (χ1) is 9.91. The van der Waals surface area contributed by atoms with Crippen molar-refractivity contribution in [3.05, 3.63) is 31.9 Å². The molecule has 0 fully saturated rings. The molecule has 0 saturated carbocycles. The zero-order valence-corrected chi connectivity index (χ0v) is 12.9. The molecule has 0 atom stereocenters. The van der Waals surface area contributed by atoms with Gasteiger partial charge in [0, 0.05) is 30.9 Å². The van der Waals surface area contributed by atoms with Crippen molar-refractivity contribution in [3.63, 3.8) is 0 Å². The van der Waals surface area contributed by atoms with Gasteiger partial charge in [0.15, 0.2) is 21.3 Å². The maximum atomic E-state index is 12.4. The van der Waals surface area contributed by atoms with Crippen LogP contribution in [0.4, 0.5) is 0 Å². The Labute approximate surface area is 126 Å². The summed E-state index contributed by atoms with van der Waals surface area (Å²) >= 11 is 2.56. The smallest absolute Gasteiger partial charge is 0.332 e. The van der Waals surface area contributed by atoms with Crippen LogP contribution in [-0.2, 0) is 19.8 Å². The second kappa shape index (κ2) is 4.74. The van der Waals surface area contributed by atoms with Crippen molar-refractivity contribution in [2.45, 2.75) is 5.75 Å². The summed E-state index contributed by atoms with van der Waals surface area (Å²) < 4.78 is 4.16. The summed E-state index contributed by atoms with van der Waals surface area (Å²) in [4.78, 5) is 29.3. The Hall–Kier alpha value is -2.07. The fourth-order valence-electron chi connectivity index (χ4n) is 2.14. The number of hydrogen-bond donors (Lipinski definition) is 2. The van der Waals surface area contributed by atoms with Crippen molar-refractivity contribution in [1.29, 1.82) is 5.41 Å². The second-order valence-corrected chi connectivity index (χ2v) is 6.34. The standard InChI is InChI=1S/C11H12N6O2S2/c1-15-7-6(8(18)16(2)11(15)19)17-5(3-20-9(12)13)4-21-10(17)14-7/h4H,3H2,1-2H3,(H3,12,13). The van der Waals surface area contributed by atoms with Crippen LogP contribution in [-0.4, -0.2) is 23.7 Å². The van der Waals surface area contributed by atoms with Crippen LogP contribution in [0.25, 0.3) is 16.1 Å². The summed E-state index contributed by atoms with van der Waals surface area (Å²) in [6.45, 7) is 0. The fraction of sp³-hybridized carbons (Fsp3) is 0.273. The molecule has 3 aromatic heterocycles. The van der Waals surface area contributed by atoms with Crippen LogP contribution in [0.1, 0.15) is 5.69 Å². The number of thioether (sulfide) groups is 1. The van der Waals surface area contributed by atoms with Crippen molar-refractivity contribution in [2.24, 2.45) is 19.8 Å². The SMILES string of the molecule is Cn1c(=O)c2c(nc3scc(CSC(=N)N)n32)n(C)c1=O. The predicted octanol–water partition coefficient (Wildman–Crippen LogP) is 0.0731. The van der Waals surface area contributed by atoms with Gasteiger partial charge in [-0.1, -0.05) is 11.8 Å². The Bertz CT molecular complexity index is 992. The Morgan fingerprint density at radius 2 is 2.14 bits per heavy atom. The van der Waals surface area contributed by atoms with Gasteiger partial charge in [-0.3, -0.25) is 23.7 Å². The van der Waals surface area contributed by atoms with E-state index in [2.05, 4.69) is 4.98 Å². The van der Waals surface area contributed by atoms with E-state index in [9.17, 15) is 9.59 Å². The first kappa shape index (κ1) is 13.9. The van der Waals surface area contributed by atoms with E-state index in [4.69, 9.17) is 11.1 Å². The van der Waals surface area contributed by atoms with Gasteiger partial charge >= 0.3 is 5.69 Å². The highest BCUT2D eigenvalue weighted by Crippen LogP contribution is 2.23. The number of imidazole rings is 1. The topological polar surface area (TPSA) is 111 Å². The summed E-state index contributed by atoms with van der Waals surface area (Å²) in [6, 6.07) is 0. The lowest BCUT2D eigenvalue weighted by Crippen LogP contribution is -2.37. The molecule has 8 nitrogen and oxygen atoms in total. The monoisotopic (exact) mass is 324 g/mol. The minimum absolute atomic E-state index is 0.0130. The molecule has 110 valence electrons. The van der Waals surface area contributed by atoms with Gasteiger partial charge in [-0.25, -0.2) is 9.78 Å². The molecule has 0 radical (unpaired) electrons. The summed E-state index contributed by atoms with van der Waals surface area (Å²) in [7, 11) is 3.03.